The van der Waals surface area contributed by atoms with Crippen molar-refractivity contribution in [3.8, 4) is 11.8 Å². The average molecular weight is 172 g/mol. The first-order valence-corrected chi connectivity index (χ1v) is 4.76. The Hall–Kier alpha value is -1.22. The lowest BCUT2D eigenvalue weighted by atomic mass is 9.96. The predicted octanol–water partition coefficient (Wildman–Crippen LogP) is 3.51. The lowest BCUT2D eigenvalue weighted by Crippen LogP contribution is -1.93. The van der Waals surface area contributed by atoms with Gasteiger partial charge in [-0.2, -0.15) is 0 Å². The number of hydrogen-bond acceptors (Lipinski definition) is 0. The Morgan fingerprint density at radius 3 is 2.31 bits per heavy atom. The summed E-state index contributed by atoms with van der Waals surface area (Å²) in [6.45, 7) is 6.18. The highest BCUT2D eigenvalue weighted by atomic mass is 14.1. The standard InChI is InChI=1S/C13H16/c1-4-6-12(5-2)13-9-7-11(3)8-10-13/h7-10,12H,5H2,1-3H3. The Bertz CT molecular complexity index is 308. The van der Waals surface area contributed by atoms with Gasteiger partial charge in [0.2, 0.25) is 0 Å². The SMILES string of the molecule is CC#CC(CC)c1ccc(C)cc1. The molecule has 1 unspecified atom stereocenters. The Kier molecular flexibility index (Phi) is 3.58. The van der Waals surface area contributed by atoms with Crippen molar-refractivity contribution in [3.05, 3.63) is 35.4 Å². The summed E-state index contributed by atoms with van der Waals surface area (Å²) in [7, 11) is 0. The largest absolute Gasteiger partial charge is 0.106 e. The van der Waals surface area contributed by atoms with Gasteiger partial charge in [-0.1, -0.05) is 42.7 Å². The van der Waals surface area contributed by atoms with Crippen LogP contribution in [0.3, 0.4) is 0 Å². The van der Waals surface area contributed by atoms with Crippen LogP contribution < -0.4 is 0 Å². The average Bonchev–Trinajstić information content (AvgIpc) is 2.16. The van der Waals surface area contributed by atoms with Gasteiger partial charge in [-0.25, -0.2) is 0 Å². The van der Waals surface area contributed by atoms with Crippen LogP contribution in [0.25, 0.3) is 0 Å². The number of benzene rings is 1. The van der Waals surface area contributed by atoms with Crippen molar-refractivity contribution >= 4 is 0 Å². The summed E-state index contributed by atoms with van der Waals surface area (Å²) in [6, 6.07) is 8.65. The third kappa shape index (κ3) is 2.63. The molecular formula is C13H16. The van der Waals surface area contributed by atoms with Crippen LogP contribution in [0.1, 0.15) is 37.3 Å². The smallest absolute Gasteiger partial charge is 0.0449 e. The number of aryl methyl sites for hydroxylation is 1. The molecule has 68 valence electrons. The molecule has 0 saturated carbocycles. The van der Waals surface area contributed by atoms with E-state index < -0.39 is 0 Å². The third-order valence-corrected chi connectivity index (χ3v) is 2.21. The molecule has 0 heterocycles. The summed E-state index contributed by atoms with van der Waals surface area (Å²) in [5.74, 6) is 6.61. The summed E-state index contributed by atoms with van der Waals surface area (Å²) in [5, 5.41) is 0. The fraction of sp³-hybridized carbons (Fsp3) is 0.385. The fourth-order valence-corrected chi connectivity index (χ4v) is 1.39. The van der Waals surface area contributed by atoms with Gasteiger partial charge < -0.3 is 0 Å². The van der Waals surface area contributed by atoms with Crippen molar-refractivity contribution in [2.45, 2.75) is 33.1 Å². The Morgan fingerprint density at radius 1 is 1.23 bits per heavy atom. The summed E-state index contributed by atoms with van der Waals surface area (Å²) in [5.41, 5.74) is 2.64. The molecule has 0 saturated heterocycles. The van der Waals surface area contributed by atoms with Crippen LogP contribution in [0.15, 0.2) is 24.3 Å². The molecule has 0 aliphatic heterocycles. The maximum atomic E-state index is 3.22. The molecule has 0 aliphatic rings. The zero-order valence-electron chi connectivity index (χ0n) is 8.59. The van der Waals surface area contributed by atoms with Gasteiger partial charge in [0, 0.05) is 5.92 Å². The molecule has 1 atom stereocenters. The molecule has 0 bridgehead atoms. The summed E-state index contributed by atoms with van der Waals surface area (Å²) in [4.78, 5) is 0. The Labute approximate surface area is 81.0 Å². The zero-order chi connectivity index (χ0) is 9.68. The van der Waals surface area contributed by atoms with Crippen LogP contribution >= 0.6 is 0 Å². The first-order chi connectivity index (χ1) is 6.27. The van der Waals surface area contributed by atoms with Gasteiger partial charge in [0.05, 0.1) is 0 Å². The van der Waals surface area contributed by atoms with E-state index in [4.69, 9.17) is 0 Å². The van der Waals surface area contributed by atoms with E-state index in [9.17, 15) is 0 Å². The second kappa shape index (κ2) is 4.72. The third-order valence-electron chi connectivity index (χ3n) is 2.21. The van der Waals surface area contributed by atoms with Crippen molar-refractivity contribution in [1.82, 2.24) is 0 Å². The molecule has 1 rings (SSSR count). The van der Waals surface area contributed by atoms with Gasteiger partial charge >= 0.3 is 0 Å². The maximum absolute atomic E-state index is 3.22. The van der Waals surface area contributed by atoms with E-state index in [2.05, 4.69) is 50.0 Å². The first-order valence-electron chi connectivity index (χ1n) is 4.76. The highest BCUT2D eigenvalue weighted by Crippen LogP contribution is 2.18. The predicted molar refractivity (Wildman–Crippen MR) is 57.7 cm³/mol. The van der Waals surface area contributed by atoms with Crippen molar-refractivity contribution in [3.63, 3.8) is 0 Å². The van der Waals surface area contributed by atoms with E-state index in [1.54, 1.807) is 0 Å². The van der Waals surface area contributed by atoms with E-state index in [1.165, 1.54) is 11.1 Å². The van der Waals surface area contributed by atoms with Gasteiger partial charge in [0.25, 0.3) is 0 Å². The lowest BCUT2D eigenvalue weighted by molar-refractivity contribution is 0.829. The van der Waals surface area contributed by atoms with Crippen molar-refractivity contribution in [1.29, 1.82) is 0 Å². The second-order valence-electron chi connectivity index (χ2n) is 3.27. The fourth-order valence-electron chi connectivity index (χ4n) is 1.39. The Morgan fingerprint density at radius 2 is 1.85 bits per heavy atom. The zero-order valence-corrected chi connectivity index (χ0v) is 8.59. The minimum atomic E-state index is 0.408. The number of rotatable bonds is 2. The topological polar surface area (TPSA) is 0 Å². The monoisotopic (exact) mass is 172 g/mol. The van der Waals surface area contributed by atoms with Gasteiger partial charge in [0.15, 0.2) is 0 Å². The van der Waals surface area contributed by atoms with Crippen molar-refractivity contribution in [2.75, 3.05) is 0 Å². The van der Waals surface area contributed by atoms with Gasteiger partial charge in [-0.05, 0) is 25.8 Å². The van der Waals surface area contributed by atoms with Crippen molar-refractivity contribution in [2.24, 2.45) is 0 Å². The van der Waals surface area contributed by atoms with Gasteiger partial charge in [-0.3, -0.25) is 0 Å². The molecule has 0 aliphatic carbocycles. The molecular weight excluding hydrogens is 156 g/mol. The minimum absolute atomic E-state index is 0.408. The van der Waals surface area contributed by atoms with Crippen LogP contribution in [0.4, 0.5) is 0 Å². The van der Waals surface area contributed by atoms with E-state index in [1.807, 2.05) is 6.92 Å². The van der Waals surface area contributed by atoms with E-state index in [0.29, 0.717) is 5.92 Å². The van der Waals surface area contributed by atoms with E-state index in [-0.39, 0.29) is 0 Å². The highest BCUT2D eigenvalue weighted by molar-refractivity contribution is 5.30. The molecule has 0 N–H and O–H groups in total. The quantitative estimate of drug-likeness (QED) is 0.599. The highest BCUT2D eigenvalue weighted by Gasteiger charge is 2.03. The number of hydrogen-bond donors (Lipinski definition) is 0. The minimum Gasteiger partial charge on any atom is -0.106 e. The summed E-state index contributed by atoms with van der Waals surface area (Å²) in [6.07, 6.45) is 1.09. The van der Waals surface area contributed by atoms with Gasteiger partial charge in [-0.15, -0.1) is 5.92 Å². The molecule has 0 aromatic heterocycles. The van der Waals surface area contributed by atoms with E-state index in [0.717, 1.165) is 6.42 Å². The Balaban J connectivity index is 2.90. The van der Waals surface area contributed by atoms with E-state index >= 15 is 0 Å². The van der Waals surface area contributed by atoms with Gasteiger partial charge in [0.1, 0.15) is 0 Å². The summed E-state index contributed by atoms with van der Waals surface area (Å²) >= 11 is 0. The summed E-state index contributed by atoms with van der Waals surface area (Å²) < 4.78 is 0. The maximum Gasteiger partial charge on any atom is 0.0449 e. The van der Waals surface area contributed by atoms with Crippen molar-refractivity contribution < 1.29 is 0 Å². The first kappa shape index (κ1) is 9.86. The van der Waals surface area contributed by atoms with Crippen LogP contribution in [0, 0.1) is 18.8 Å². The second-order valence-corrected chi connectivity index (χ2v) is 3.27. The molecule has 0 amide bonds. The molecule has 0 heteroatoms. The van der Waals surface area contributed by atoms with Crippen LogP contribution in [-0.2, 0) is 0 Å². The lowest BCUT2D eigenvalue weighted by Gasteiger charge is -2.07. The molecule has 13 heavy (non-hydrogen) atoms. The van der Waals surface area contributed by atoms with Crippen LogP contribution in [0.5, 0.6) is 0 Å². The van der Waals surface area contributed by atoms with Crippen LogP contribution in [-0.4, -0.2) is 0 Å². The molecule has 1 aromatic rings. The molecule has 0 nitrogen and oxygen atoms in total. The molecule has 0 spiro atoms. The van der Waals surface area contributed by atoms with Crippen LogP contribution in [0.2, 0.25) is 0 Å². The molecule has 1 aromatic carbocycles. The normalized spacial score (nSPS) is 11.6. The molecule has 0 radical (unpaired) electrons. The molecule has 0 fully saturated rings.